The second-order valence-corrected chi connectivity index (χ2v) is 5.28. The molecule has 0 saturated heterocycles. The molecule has 1 atom stereocenters. The molecule has 1 amide bonds. The third kappa shape index (κ3) is 6.20. The average Bonchev–Trinajstić information content (AvgIpc) is 2.54. The first-order valence-electron chi connectivity index (χ1n) is 7.65. The van der Waals surface area contributed by atoms with Crippen LogP contribution in [0.4, 0.5) is 0 Å². The van der Waals surface area contributed by atoms with E-state index in [1.807, 2.05) is 6.92 Å². The van der Waals surface area contributed by atoms with Crippen molar-refractivity contribution < 1.29 is 29.0 Å². The van der Waals surface area contributed by atoms with Crippen LogP contribution in [0.15, 0.2) is 24.3 Å². The number of Topliss-reactive ketones (excluding diaryl/α,β-unsaturated/α-hetero) is 1. The summed E-state index contributed by atoms with van der Waals surface area (Å²) < 4.78 is 4.97. The quantitative estimate of drug-likeness (QED) is 0.404. The molecule has 1 aromatic rings. The lowest BCUT2D eigenvalue weighted by molar-refractivity contribution is -0.150. The van der Waals surface area contributed by atoms with Crippen LogP contribution in [0.2, 0.25) is 0 Å². The summed E-state index contributed by atoms with van der Waals surface area (Å²) in [5.74, 6) is -2.74. The number of carbonyl (C=O) groups excluding carboxylic acids is 3. The highest BCUT2D eigenvalue weighted by Crippen LogP contribution is 2.07. The molecule has 0 aromatic heterocycles. The average molecular weight is 335 g/mol. The number of hydrogen-bond donors (Lipinski definition) is 2. The van der Waals surface area contributed by atoms with E-state index in [1.54, 1.807) is 0 Å². The highest BCUT2D eigenvalue weighted by molar-refractivity contribution is 5.99. The molecule has 130 valence electrons. The maximum Gasteiger partial charge on any atom is 0.329 e. The lowest BCUT2D eigenvalue weighted by Crippen LogP contribution is -2.43. The van der Waals surface area contributed by atoms with Crippen LogP contribution < -0.4 is 5.32 Å². The van der Waals surface area contributed by atoms with Gasteiger partial charge < -0.3 is 15.2 Å². The van der Waals surface area contributed by atoms with Crippen LogP contribution in [0.3, 0.4) is 0 Å². The Hall–Kier alpha value is -2.70. The smallest absolute Gasteiger partial charge is 0.329 e. The Balaban J connectivity index is 2.77. The van der Waals surface area contributed by atoms with Gasteiger partial charge in [0.05, 0.1) is 13.0 Å². The lowest BCUT2D eigenvalue weighted by atomic mass is 10.1. The molecule has 0 saturated carbocycles. The number of carboxylic acid groups (broad SMARTS) is 1. The number of nitrogens with one attached hydrogen (secondary N) is 1. The van der Waals surface area contributed by atoms with Crippen molar-refractivity contribution in [2.24, 2.45) is 0 Å². The summed E-state index contributed by atoms with van der Waals surface area (Å²) in [4.78, 5) is 46.2. The molecule has 1 rings (SSSR count). The van der Waals surface area contributed by atoms with Crippen LogP contribution in [0, 0.1) is 0 Å². The van der Waals surface area contributed by atoms with E-state index in [0.29, 0.717) is 12.0 Å². The van der Waals surface area contributed by atoms with Crippen molar-refractivity contribution >= 4 is 23.6 Å². The molecule has 0 bridgehead atoms. The number of hydrogen-bond acceptors (Lipinski definition) is 5. The van der Waals surface area contributed by atoms with Gasteiger partial charge in [-0.1, -0.05) is 25.5 Å². The Labute approximate surface area is 140 Å². The largest absolute Gasteiger partial charge is 0.481 e. The van der Waals surface area contributed by atoms with E-state index in [0.717, 1.165) is 6.42 Å². The molecule has 0 aliphatic carbocycles. The van der Waals surface area contributed by atoms with E-state index in [4.69, 9.17) is 9.84 Å². The number of rotatable bonds is 9. The second kappa shape index (κ2) is 9.44. The van der Waals surface area contributed by atoms with Gasteiger partial charge >= 0.3 is 11.9 Å². The molecule has 0 aliphatic rings. The number of ether oxygens (including phenoxy) is 1. The zero-order valence-corrected chi connectivity index (χ0v) is 13.7. The van der Waals surface area contributed by atoms with Crippen LogP contribution in [-0.4, -0.2) is 41.4 Å². The predicted octanol–water partition coefficient (Wildman–Crippen LogP) is 1.81. The van der Waals surface area contributed by atoms with Gasteiger partial charge in [-0.3, -0.25) is 14.4 Å². The fraction of sp³-hybridized carbons (Fsp3) is 0.412. The van der Waals surface area contributed by atoms with Crippen molar-refractivity contribution in [1.82, 2.24) is 5.32 Å². The Morgan fingerprint density at radius 1 is 1.12 bits per heavy atom. The van der Waals surface area contributed by atoms with Crippen molar-refractivity contribution in [2.75, 3.05) is 6.61 Å². The molecule has 24 heavy (non-hydrogen) atoms. The molecule has 0 aliphatic heterocycles. The van der Waals surface area contributed by atoms with Gasteiger partial charge in [-0.2, -0.15) is 0 Å². The van der Waals surface area contributed by atoms with Crippen molar-refractivity contribution in [2.45, 2.75) is 39.2 Å². The zero-order chi connectivity index (χ0) is 18.1. The van der Waals surface area contributed by atoms with Crippen molar-refractivity contribution in [1.29, 1.82) is 0 Å². The van der Waals surface area contributed by atoms with Crippen LogP contribution >= 0.6 is 0 Å². The number of unbranched alkanes of at least 4 members (excludes halogenated alkanes) is 1. The van der Waals surface area contributed by atoms with E-state index >= 15 is 0 Å². The first-order chi connectivity index (χ1) is 11.3. The third-order valence-electron chi connectivity index (χ3n) is 3.26. The standard InChI is InChI=1S/C17H21NO6/c1-3-4-9-24-17(23)14(10-15(20)21)18-16(22)13-7-5-12(6-8-13)11(2)19/h5-8,14H,3-4,9-10H2,1-2H3,(H,18,22)(H,20,21). The topological polar surface area (TPSA) is 110 Å². The second-order valence-electron chi connectivity index (χ2n) is 5.28. The van der Waals surface area contributed by atoms with Gasteiger partial charge in [0, 0.05) is 11.1 Å². The monoisotopic (exact) mass is 335 g/mol. The summed E-state index contributed by atoms with van der Waals surface area (Å²) in [6.07, 6.45) is 0.917. The van der Waals surface area contributed by atoms with Gasteiger partial charge in [0.25, 0.3) is 5.91 Å². The molecule has 0 fully saturated rings. The highest BCUT2D eigenvalue weighted by atomic mass is 16.5. The first kappa shape index (κ1) is 19.3. The molecule has 0 spiro atoms. The van der Waals surface area contributed by atoms with E-state index in [2.05, 4.69) is 5.32 Å². The molecule has 1 aromatic carbocycles. The number of ketones is 1. The Morgan fingerprint density at radius 3 is 2.21 bits per heavy atom. The van der Waals surface area contributed by atoms with Gasteiger partial charge in [-0.25, -0.2) is 4.79 Å². The Kier molecular flexibility index (Phi) is 7.61. The van der Waals surface area contributed by atoms with E-state index in [9.17, 15) is 19.2 Å². The molecular formula is C17H21NO6. The third-order valence-corrected chi connectivity index (χ3v) is 3.26. The fourth-order valence-electron chi connectivity index (χ4n) is 1.88. The van der Waals surface area contributed by atoms with Crippen molar-refractivity contribution in [3.05, 3.63) is 35.4 Å². The summed E-state index contributed by atoms with van der Waals surface area (Å²) in [5.41, 5.74) is 0.671. The SMILES string of the molecule is CCCCOC(=O)C(CC(=O)O)NC(=O)c1ccc(C(C)=O)cc1. The summed E-state index contributed by atoms with van der Waals surface area (Å²) in [6.45, 7) is 3.51. The summed E-state index contributed by atoms with van der Waals surface area (Å²) in [6, 6.07) is 4.59. The first-order valence-corrected chi connectivity index (χ1v) is 7.65. The van der Waals surface area contributed by atoms with Crippen molar-refractivity contribution in [3.63, 3.8) is 0 Å². The van der Waals surface area contributed by atoms with Gasteiger partial charge in [0.15, 0.2) is 5.78 Å². The number of benzene rings is 1. The minimum atomic E-state index is -1.26. The summed E-state index contributed by atoms with van der Waals surface area (Å²) in [7, 11) is 0. The Bertz CT molecular complexity index is 608. The van der Waals surface area contributed by atoms with Gasteiger partial charge in [0.2, 0.25) is 0 Å². The lowest BCUT2D eigenvalue weighted by Gasteiger charge is -2.16. The maximum absolute atomic E-state index is 12.2. The predicted molar refractivity (Wildman–Crippen MR) is 85.8 cm³/mol. The molecular weight excluding hydrogens is 314 g/mol. The minimum Gasteiger partial charge on any atom is -0.481 e. The van der Waals surface area contributed by atoms with Gasteiger partial charge in [-0.05, 0) is 25.5 Å². The molecule has 7 heteroatoms. The van der Waals surface area contributed by atoms with Crippen molar-refractivity contribution in [3.8, 4) is 0 Å². The van der Waals surface area contributed by atoms with Crippen LogP contribution in [0.1, 0.15) is 53.8 Å². The summed E-state index contributed by atoms with van der Waals surface area (Å²) in [5, 5.41) is 11.2. The highest BCUT2D eigenvalue weighted by Gasteiger charge is 2.25. The van der Waals surface area contributed by atoms with Crippen LogP contribution in [0.25, 0.3) is 0 Å². The maximum atomic E-state index is 12.2. The normalized spacial score (nSPS) is 11.4. The zero-order valence-electron chi connectivity index (χ0n) is 13.7. The minimum absolute atomic E-state index is 0.134. The number of aliphatic carboxylic acids is 1. The van der Waals surface area contributed by atoms with E-state index in [-0.39, 0.29) is 18.0 Å². The van der Waals surface area contributed by atoms with Gasteiger partial charge in [-0.15, -0.1) is 0 Å². The molecule has 0 heterocycles. The van der Waals surface area contributed by atoms with Crippen LogP contribution in [0.5, 0.6) is 0 Å². The summed E-state index contributed by atoms with van der Waals surface area (Å²) >= 11 is 0. The molecule has 0 radical (unpaired) electrons. The fourth-order valence-corrected chi connectivity index (χ4v) is 1.88. The van der Waals surface area contributed by atoms with Crippen LogP contribution in [-0.2, 0) is 14.3 Å². The Morgan fingerprint density at radius 2 is 1.71 bits per heavy atom. The van der Waals surface area contributed by atoms with E-state index < -0.39 is 30.3 Å². The van der Waals surface area contributed by atoms with Gasteiger partial charge in [0.1, 0.15) is 6.04 Å². The molecule has 1 unspecified atom stereocenters. The molecule has 2 N–H and O–H groups in total. The number of carbonyl (C=O) groups is 4. The number of esters is 1. The number of carboxylic acids is 1. The van der Waals surface area contributed by atoms with E-state index in [1.165, 1.54) is 31.2 Å². The number of amides is 1. The molecule has 7 nitrogen and oxygen atoms in total.